The van der Waals surface area contributed by atoms with Gasteiger partial charge >= 0.3 is 6.18 Å². The third kappa shape index (κ3) is 3.94. The number of rotatable bonds is 2. The Hall–Kier alpha value is -3.34. The average molecular weight is 393 g/mol. The van der Waals surface area contributed by atoms with Crippen molar-refractivity contribution in [2.75, 3.05) is 0 Å². The van der Waals surface area contributed by atoms with E-state index >= 15 is 0 Å². The smallest absolute Gasteiger partial charge is 0.416 e. The van der Waals surface area contributed by atoms with Crippen LogP contribution in [0.3, 0.4) is 0 Å². The molecule has 1 heterocycles. The van der Waals surface area contributed by atoms with Gasteiger partial charge < -0.3 is 4.42 Å². The number of alkyl halides is 3. The summed E-state index contributed by atoms with van der Waals surface area (Å²) in [7, 11) is 0. The fraction of sp³-hybridized carbons (Fsp3) is 0.125. The normalized spacial score (nSPS) is 12.5. The number of benzene rings is 3. The molecule has 3 aromatic carbocycles. The van der Waals surface area contributed by atoms with Crippen molar-refractivity contribution in [3.63, 3.8) is 0 Å². The summed E-state index contributed by atoms with van der Waals surface area (Å²) in [6.45, 7) is 3.92. The van der Waals surface area contributed by atoms with Gasteiger partial charge in [0.1, 0.15) is 11.3 Å². The van der Waals surface area contributed by atoms with Crippen LogP contribution in [0.15, 0.2) is 82.2 Å². The lowest BCUT2D eigenvalue weighted by Gasteiger charge is -2.09. The minimum Gasteiger partial charge on any atom is -0.456 e. The van der Waals surface area contributed by atoms with Crippen molar-refractivity contribution in [2.45, 2.75) is 20.0 Å². The van der Waals surface area contributed by atoms with E-state index < -0.39 is 11.7 Å². The van der Waals surface area contributed by atoms with Crippen molar-refractivity contribution in [3.05, 3.63) is 94.8 Å². The van der Waals surface area contributed by atoms with Gasteiger partial charge in [-0.25, -0.2) is 4.99 Å². The van der Waals surface area contributed by atoms with E-state index in [9.17, 15) is 13.2 Å². The molecule has 2 nitrogen and oxygen atoms in total. The van der Waals surface area contributed by atoms with Crippen LogP contribution in [0.5, 0.6) is 0 Å². The molecular formula is C24H18F3NO. The lowest BCUT2D eigenvalue weighted by molar-refractivity contribution is -0.137. The first-order chi connectivity index (χ1) is 13.8. The first kappa shape index (κ1) is 19.0. The first-order valence-corrected chi connectivity index (χ1v) is 9.14. The van der Waals surface area contributed by atoms with Crippen LogP contribution in [0.2, 0.25) is 0 Å². The van der Waals surface area contributed by atoms with E-state index in [1.54, 1.807) is 12.1 Å². The molecule has 146 valence electrons. The van der Waals surface area contributed by atoms with Crippen molar-refractivity contribution < 1.29 is 17.6 Å². The number of fused-ring (bicyclic) bond motifs is 1. The van der Waals surface area contributed by atoms with Gasteiger partial charge in [0.15, 0.2) is 0 Å². The Kier molecular flexibility index (Phi) is 4.74. The predicted octanol–water partition coefficient (Wildman–Crippen LogP) is 6.97. The molecule has 29 heavy (non-hydrogen) atoms. The summed E-state index contributed by atoms with van der Waals surface area (Å²) in [5.74, 6) is 0.605. The molecular weight excluding hydrogens is 375 g/mol. The van der Waals surface area contributed by atoms with Gasteiger partial charge in [-0.15, -0.1) is 0 Å². The summed E-state index contributed by atoms with van der Waals surface area (Å²) in [5.41, 5.74) is 3.03. The summed E-state index contributed by atoms with van der Waals surface area (Å²) in [4.78, 5) is 4.56. The van der Waals surface area contributed by atoms with E-state index in [4.69, 9.17) is 4.42 Å². The highest BCUT2D eigenvalue weighted by Gasteiger charge is 2.30. The minimum atomic E-state index is -4.41. The Morgan fingerprint density at radius 2 is 1.59 bits per heavy atom. The molecule has 4 aromatic rings. The Morgan fingerprint density at radius 1 is 0.828 bits per heavy atom. The van der Waals surface area contributed by atoms with Gasteiger partial charge in [0, 0.05) is 17.0 Å². The van der Waals surface area contributed by atoms with E-state index in [-0.39, 0.29) is 5.69 Å². The maximum absolute atomic E-state index is 13.1. The zero-order valence-electron chi connectivity index (χ0n) is 15.9. The van der Waals surface area contributed by atoms with Gasteiger partial charge in [-0.05, 0) is 49.2 Å². The largest absolute Gasteiger partial charge is 0.456 e. The second-order valence-electron chi connectivity index (χ2n) is 6.98. The van der Waals surface area contributed by atoms with Crippen LogP contribution in [-0.2, 0) is 6.18 Å². The number of hydrogen-bond acceptors (Lipinski definition) is 2. The van der Waals surface area contributed by atoms with E-state index in [0.717, 1.165) is 34.2 Å². The van der Waals surface area contributed by atoms with Crippen molar-refractivity contribution in [2.24, 2.45) is 4.99 Å². The highest BCUT2D eigenvalue weighted by molar-refractivity contribution is 5.82. The molecule has 0 fully saturated rings. The van der Waals surface area contributed by atoms with Crippen molar-refractivity contribution >= 4 is 16.7 Å². The quantitative estimate of drug-likeness (QED) is 0.361. The molecule has 0 aliphatic heterocycles. The van der Waals surface area contributed by atoms with Crippen LogP contribution in [0, 0.1) is 13.8 Å². The van der Waals surface area contributed by atoms with Crippen LogP contribution >= 0.6 is 0 Å². The van der Waals surface area contributed by atoms with Crippen LogP contribution in [0.4, 0.5) is 18.9 Å². The second-order valence-corrected chi connectivity index (χ2v) is 6.98. The molecule has 0 unspecified atom stereocenters. The highest BCUT2D eigenvalue weighted by atomic mass is 19.4. The van der Waals surface area contributed by atoms with Crippen LogP contribution < -0.4 is 5.36 Å². The van der Waals surface area contributed by atoms with E-state index in [0.29, 0.717) is 16.7 Å². The lowest BCUT2D eigenvalue weighted by Crippen LogP contribution is -2.06. The fourth-order valence-corrected chi connectivity index (χ4v) is 3.41. The number of hydrogen-bond donors (Lipinski definition) is 0. The summed E-state index contributed by atoms with van der Waals surface area (Å²) in [6, 6.07) is 20.3. The molecule has 5 heteroatoms. The van der Waals surface area contributed by atoms with Crippen molar-refractivity contribution in [1.29, 1.82) is 0 Å². The first-order valence-electron chi connectivity index (χ1n) is 9.14. The maximum atomic E-state index is 13.1. The Morgan fingerprint density at radius 3 is 2.31 bits per heavy atom. The fourth-order valence-electron chi connectivity index (χ4n) is 3.41. The number of aryl methyl sites for hydroxylation is 2. The third-order valence-corrected chi connectivity index (χ3v) is 4.67. The molecule has 0 spiro atoms. The number of nitrogens with zero attached hydrogens (tertiary/aromatic N) is 1. The van der Waals surface area contributed by atoms with Crippen molar-refractivity contribution in [1.82, 2.24) is 0 Å². The average Bonchev–Trinajstić information content (AvgIpc) is 2.67. The molecule has 0 bridgehead atoms. The SMILES string of the molecule is Cc1cc(C)c2c(=Nc3cccc(C(F)(F)F)c3)cc(-c3ccccc3)oc2c1. The second kappa shape index (κ2) is 7.24. The van der Waals surface area contributed by atoms with Gasteiger partial charge in [0.05, 0.1) is 16.6 Å². The third-order valence-electron chi connectivity index (χ3n) is 4.67. The summed E-state index contributed by atoms with van der Waals surface area (Å²) in [6.07, 6.45) is -4.41. The maximum Gasteiger partial charge on any atom is 0.416 e. The zero-order chi connectivity index (χ0) is 20.6. The predicted molar refractivity (Wildman–Crippen MR) is 108 cm³/mol. The summed E-state index contributed by atoms with van der Waals surface area (Å²) >= 11 is 0. The molecule has 0 N–H and O–H groups in total. The Labute approximate surface area is 166 Å². The van der Waals surface area contributed by atoms with Crippen molar-refractivity contribution in [3.8, 4) is 11.3 Å². The molecule has 1 aromatic heterocycles. The van der Waals surface area contributed by atoms with E-state index in [2.05, 4.69) is 4.99 Å². The molecule has 0 atom stereocenters. The van der Waals surface area contributed by atoms with Crippen LogP contribution in [0.25, 0.3) is 22.3 Å². The monoisotopic (exact) mass is 393 g/mol. The standard InChI is InChI=1S/C24H18F3NO/c1-15-11-16(2)23-20(28-19-10-6-9-18(13-19)24(25,26)27)14-21(29-22(23)12-15)17-7-4-3-5-8-17/h3-14H,1-2H3. The van der Waals surface area contributed by atoms with Crippen LogP contribution in [-0.4, -0.2) is 0 Å². The van der Waals surface area contributed by atoms with Gasteiger partial charge in [-0.3, -0.25) is 0 Å². The molecule has 0 aliphatic rings. The Balaban J connectivity index is 2.01. The highest BCUT2D eigenvalue weighted by Crippen LogP contribution is 2.31. The molecule has 0 saturated carbocycles. The summed E-state index contributed by atoms with van der Waals surface area (Å²) in [5, 5.41) is 1.36. The van der Waals surface area contributed by atoms with Crippen LogP contribution in [0.1, 0.15) is 16.7 Å². The van der Waals surface area contributed by atoms with Gasteiger partial charge in [-0.1, -0.05) is 42.5 Å². The molecule has 0 radical (unpaired) electrons. The topological polar surface area (TPSA) is 25.5 Å². The van der Waals surface area contributed by atoms with Gasteiger partial charge in [0.25, 0.3) is 0 Å². The van der Waals surface area contributed by atoms with Gasteiger partial charge in [0.2, 0.25) is 0 Å². The molecule has 0 saturated heterocycles. The molecule has 4 rings (SSSR count). The van der Waals surface area contributed by atoms with Gasteiger partial charge in [-0.2, -0.15) is 13.2 Å². The molecule has 0 aliphatic carbocycles. The minimum absolute atomic E-state index is 0.242. The van der Waals surface area contributed by atoms with E-state index in [1.807, 2.05) is 56.3 Å². The number of halogens is 3. The Bertz CT molecular complexity index is 1250. The summed E-state index contributed by atoms with van der Waals surface area (Å²) < 4.78 is 45.4. The van der Waals surface area contributed by atoms with E-state index in [1.165, 1.54) is 6.07 Å². The molecule has 0 amide bonds. The lowest BCUT2D eigenvalue weighted by atomic mass is 10.0. The zero-order valence-corrected chi connectivity index (χ0v) is 15.9.